The van der Waals surface area contributed by atoms with Crippen LogP contribution in [0.2, 0.25) is 5.02 Å². The maximum absolute atomic E-state index is 12.6. The van der Waals surface area contributed by atoms with Gasteiger partial charge in [0, 0.05) is 38.3 Å². The topological polar surface area (TPSA) is 82.0 Å². The van der Waals surface area contributed by atoms with Crippen molar-refractivity contribution in [3.8, 4) is 0 Å². The quantitative estimate of drug-likeness (QED) is 0.900. The van der Waals surface area contributed by atoms with Crippen LogP contribution in [0.4, 0.5) is 0 Å². The molecule has 1 aliphatic heterocycles. The molecule has 0 radical (unpaired) electrons. The average molecular weight is 337 g/mol. The number of aromatic nitrogens is 4. The van der Waals surface area contributed by atoms with Crippen molar-refractivity contribution in [3.05, 3.63) is 34.6 Å². The van der Waals surface area contributed by atoms with E-state index in [0.717, 1.165) is 17.1 Å². The lowest BCUT2D eigenvalue weighted by molar-refractivity contribution is -0.131. The summed E-state index contributed by atoms with van der Waals surface area (Å²) in [6, 6.07) is -0.0992. The average Bonchev–Trinajstić information content (AvgIpc) is 3.15. The van der Waals surface area contributed by atoms with Crippen molar-refractivity contribution < 1.29 is 4.79 Å². The lowest BCUT2D eigenvalue weighted by Gasteiger charge is -2.16. The van der Waals surface area contributed by atoms with E-state index in [2.05, 4.69) is 10.1 Å². The van der Waals surface area contributed by atoms with Crippen LogP contribution in [0.3, 0.4) is 0 Å². The fourth-order valence-electron chi connectivity index (χ4n) is 3.03. The Morgan fingerprint density at radius 3 is 2.74 bits per heavy atom. The highest BCUT2D eigenvalue weighted by molar-refractivity contribution is 6.31. The Balaban J connectivity index is 1.70. The molecule has 3 heterocycles. The number of hydrogen-bond donors (Lipinski definition) is 1. The minimum atomic E-state index is -0.0992. The van der Waals surface area contributed by atoms with Crippen molar-refractivity contribution in [2.75, 3.05) is 13.1 Å². The van der Waals surface area contributed by atoms with Gasteiger partial charge in [-0.05, 0) is 13.8 Å². The summed E-state index contributed by atoms with van der Waals surface area (Å²) < 4.78 is 3.55. The number of likely N-dealkylation sites (tertiary alicyclic amines) is 1. The molecule has 1 amide bonds. The van der Waals surface area contributed by atoms with Crippen molar-refractivity contribution in [2.24, 2.45) is 12.8 Å². The van der Waals surface area contributed by atoms with Gasteiger partial charge < -0.3 is 15.2 Å². The number of aryl methyl sites for hydroxylation is 2. The Bertz CT molecular complexity index is 736. The molecule has 0 bridgehead atoms. The van der Waals surface area contributed by atoms with Gasteiger partial charge in [-0.15, -0.1) is 0 Å². The SMILES string of the molecule is Cc1nn(CC(=O)N2C[C@@H](N)[C@H](c3cn(C)cn3)C2)c(C)c1Cl. The highest BCUT2D eigenvalue weighted by atomic mass is 35.5. The molecule has 1 fully saturated rings. The molecule has 0 aliphatic carbocycles. The number of amides is 1. The van der Waals surface area contributed by atoms with Crippen molar-refractivity contribution in [1.29, 1.82) is 0 Å². The lowest BCUT2D eigenvalue weighted by Crippen LogP contribution is -2.34. The molecule has 7 nitrogen and oxygen atoms in total. The zero-order valence-corrected chi connectivity index (χ0v) is 14.3. The third kappa shape index (κ3) is 2.98. The zero-order valence-electron chi connectivity index (χ0n) is 13.5. The van der Waals surface area contributed by atoms with Crippen LogP contribution >= 0.6 is 11.6 Å². The minimum Gasteiger partial charge on any atom is -0.340 e. The maximum Gasteiger partial charge on any atom is 0.244 e. The minimum absolute atomic E-state index is 0.00106. The zero-order chi connectivity index (χ0) is 16.7. The molecule has 0 spiro atoms. The number of carbonyl (C=O) groups excluding carboxylic acids is 1. The summed E-state index contributed by atoms with van der Waals surface area (Å²) in [7, 11) is 1.92. The van der Waals surface area contributed by atoms with E-state index >= 15 is 0 Å². The number of halogens is 1. The van der Waals surface area contributed by atoms with Crippen LogP contribution < -0.4 is 5.73 Å². The Morgan fingerprint density at radius 2 is 2.17 bits per heavy atom. The molecule has 0 aromatic carbocycles. The molecule has 1 aliphatic rings. The summed E-state index contributed by atoms with van der Waals surface area (Å²) in [4.78, 5) is 18.7. The molecular weight excluding hydrogens is 316 g/mol. The van der Waals surface area contributed by atoms with Crippen molar-refractivity contribution in [3.63, 3.8) is 0 Å². The van der Waals surface area contributed by atoms with E-state index in [1.807, 2.05) is 31.7 Å². The van der Waals surface area contributed by atoms with Crippen LogP contribution in [0.15, 0.2) is 12.5 Å². The molecule has 3 rings (SSSR count). The molecule has 23 heavy (non-hydrogen) atoms. The standard InChI is InChI=1S/C15H21ClN6O/c1-9-15(16)10(2)22(19-9)7-14(23)21-4-11(12(17)5-21)13-6-20(3)8-18-13/h6,8,11-12H,4-5,7,17H2,1-3H3/t11-,12-/m1/s1. The van der Waals surface area contributed by atoms with E-state index < -0.39 is 0 Å². The molecule has 0 saturated carbocycles. The Hall–Kier alpha value is -1.86. The Morgan fingerprint density at radius 1 is 1.43 bits per heavy atom. The highest BCUT2D eigenvalue weighted by Crippen LogP contribution is 2.26. The molecule has 2 aromatic rings. The first kappa shape index (κ1) is 16.0. The smallest absolute Gasteiger partial charge is 0.244 e. The number of rotatable bonds is 3. The highest BCUT2D eigenvalue weighted by Gasteiger charge is 2.35. The van der Waals surface area contributed by atoms with Gasteiger partial charge in [-0.2, -0.15) is 5.10 Å². The Labute approximate surface area is 140 Å². The van der Waals surface area contributed by atoms with E-state index in [-0.39, 0.29) is 24.4 Å². The van der Waals surface area contributed by atoms with Gasteiger partial charge in [-0.1, -0.05) is 11.6 Å². The molecule has 2 N–H and O–H groups in total. The normalized spacial score (nSPS) is 21.2. The van der Waals surface area contributed by atoms with Crippen molar-refractivity contribution in [2.45, 2.75) is 32.4 Å². The number of nitrogens with zero attached hydrogens (tertiary/aromatic N) is 5. The summed E-state index contributed by atoms with van der Waals surface area (Å²) in [5.41, 5.74) is 8.69. The van der Waals surface area contributed by atoms with Crippen LogP contribution in [-0.2, 0) is 18.4 Å². The van der Waals surface area contributed by atoms with Gasteiger partial charge in [0.2, 0.25) is 5.91 Å². The van der Waals surface area contributed by atoms with E-state index in [0.29, 0.717) is 18.1 Å². The third-order valence-electron chi connectivity index (χ3n) is 4.40. The predicted molar refractivity (Wildman–Crippen MR) is 87.2 cm³/mol. The third-order valence-corrected chi connectivity index (χ3v) is 4.95. The van der Waals surface area contributed by atoms with Crippen LogP contribution in [-0.4, -0.2) is 49.3 Å². The fourth-order valence-corrected chi connectivity index (χ4v) is 3.16. The molecule has 2 aromatic heterocycles. The largest absolute Gasteiger partial charge is 0.340 e. The van der Waals surface area contributed by atoms with Gasteiger partial charge in [0.25, 0.3) is 0 Å². The van der Waals surface area contributed by atoms with E-state index in [4.69, 9.17) is 17.3 Å². The summed E-state index contributed by atoms with van der Waals surface area (Å²) in [6.07, 6.45) is 3.71. The van der Waals surface area contributed by atoms with Crippen LogP contribution in [0.25, 0.3) is 0 Å². The van der Waals surface area contributed by atoms with E-state index in [9.17, 15) is 4.79 Å². The van der Waals surface area contributed by atoms with Gasteiger partial charge in [0.05, 0.1) is 28.4 Å². The van der Waals surface area contributed by atoms with Gasteiger partial charge >= 0.3 is 0 Å². The summed E-state index contributed by atoms with van der Waals surface area (Å²) in [5, 5.41) is 4.92. The summed E-state index contributed by atoms with van der Waals surface area (Å²) >= 11 is 6.13. The lowest BCUT2D eigenvalue weighted by atomic mass is 10.0. The number of hydrogen-bond acceptors (Lipinski definition) is 4. The van der Waals surface area contributed by atoms with E-state index in [1.165, 1.54) is 0 Å². The van der Waals surface area contributed by atoms with Crippen molar-refractivity contribution in [1.82, 2.24) is 24.2 Å². The molecule has 0 unspecified atom stereocenters. The first-order valence-electron chi connectivity index (χ1n) is 7.57. The first-order valence-corrected chi connectivity index (χ1v) is 7.95. The molecular formula is C15H21ClN6O. The van der Waals surface area contributed by atoms with E-state index in [1.54, 1.807) is 15.9 Å². The molecule has 8 heteroatoms. The van der Waals surface area contributed by atoms with Crippen LogP contribution in [0.5, 0.6) is 0 Å². The van der Waals surface area contributed by atoms with Gasteiger partial charge in [-0.25, -0.2) is 4.98 Å². The second-order valence-electron chi connectivity index (χ2n) is 6.18. The number of carbonyl (C=O) groups is 1. The molecule has 1 saturated heterocycles. The fraction of sp³-hybridized carbons (Fsp3) is 0.533. The second-order valence-corrected chi connectivity index (χ2v) is 6.55. The monoisotopic (exact) mass is 336 g/mol. The second kappa shape index (κ2) is 5.98. The molecule has 124 valence electrons. The Kier molecular flexibility index (Phi) is 4.16. The van der Waals surface area contributed by atoms with Crippen LogP contribution in [0, 0.1) is 13.8 Å². The van der Waals surface area contributed by atoms with Crippen LogP contribution in [0.1, 0.15) is 23.0 Å². The summed E-state index contributed by atoms with van der Waals surface area (Å²) in [5.74, 6) is 0.0744. The van der Waals surface area contributed by atoms with Gasteiger partial charge in [0.1, 0.15) is 6.54 Å². The van der Waals surface area contributed by atoms with Gasteiger partial charge in [0.15, 0.2) is 0 Å². The number of imidazole rings is 1. The van der Waals surface area contributed by atoms with Crippen molar-refractivity contribution >= 4 is 17.5 Å². The molecule has 2 atom stereocenters. The summed E-state index contributed by atoms with van der Waals surface area (Å²) in [6.45, 7) is 5.00. The maximum atomic E-state index is 12.6. The predicted octanol–water partition coefficient (Wildman–Crippen LogP) is 0.840. The van der Waals surface area contributed by atoms with Gasteiger partial charge in [-0.3, -0.25) is 9.48 Å². The first-order chi connectivity index (χ1) is 10.9. The number of nitrogens with two attached hydrogens (primary N) is 1.